The first-order valence-electron chi connectivity index (χ1n) is 11.2. The number of aliphatic imine (C=N–C) groups is 2. The van der Waals surface area contributed by atoms with Gasteiger partial charge in [0.2, 0.25) is 0 Å². The number of ether oxygens (including phenoxy) is 1. The quantitative estimate of drug-likeness (QED) is 0.376. The molecule has 0 saturated carbocycles. The van der Waals surface area contributed by atoms with Crippen molar-refractivity contribution < 1.29 is 4.74 Å². The summed E-state index contributed by atoms with van der Waals surface area (Å²) < 4.78 is 5.42. The number of nitrogens with one attached hydrogen (secondary N) is 1. The van der Waals surface area contributed by atoms with E-state index in [1.807, 2.05) is 37.4 Å². The fourth-order valence-electron chi connectivity index (χ4n) is 3.87. The Bertz CT molecular complexity index is 1190. The van der Waals surface area contributed by atoms with Crippen LogP contribution in [0.1, 0.15) is 51.2 Å². The van der Waals surface area contributed by atoms with Crippen LogP contribution in [0, 0.1) is 0 Å². The van der Waals surface area contributed by atoms with Crippen LogP contribution in [0.4, 0.5) is 5.69 Å². The number of hydrogen-bond acceptors (Lipinski definition) is 3. The first-order valence-corrected chi connectivity index (χ1v) is 11.2. The van der Waals surface area contributed by atoms with Crippen molar-refractivity contribution in [2.45, 2.75) is 53.1 Å². The maximum Gasteiger partial charge on any atom is 0.157 e. The van der Waals surface area contributed by atoms with Gasteiger partial charge in [0.1, 0.15) is 11.6 Å². The molecule has 0 spiro atoms. The molecular formula is C26H31N5O. The lowest BCUT2D eigenvalue weighted by Gasteiger charge is -2.21. The number of aromatic nitrogens is 2. The van der Waals surface area contributed by atoms with Crippen molar-refractivity contribution >= 4 is 28.3 Å². The number of rotatable bonds is 6. The minimum Gasteiger partial charge on any atom is -0.497 e. The Hall–Kier alpha value is -3.41. The number of aromatic amines is 1. The van der Waals surface area contributed by atoms with Gasteiger partial charge in [0.05, 0.1) is 24.5 Å². The number of benzene rings is 2. The van der Waals surface area contributed by atoms with Gasteiger partial charge in [-0.05, 0) is 67.3 Å². The van der Waals surface area contributed by atoms with E-state index >= 15 is 0 Å². The molecular weight excluding hydrogens is 398 g/mol. The van der Waals surface area contributed by atoms with Crippen molar-refractivity contribution in [2.24, 2.45) is 9.98 Å². The third kappa shape index (κ3) is 4.74. The fourth-order valence-corrected chi connectivity index (χ4v) is 3.87. The predicted molar refractivity (Wildman–Crippen MR) is 132 cm³/mol. The van der Waals surface area contributed by atoms with Gasteiger partial charge in [-0.1, -0.05) is 25.5 Å². The van der Waals surface area contributed by atoms with Crippen LogP contribution in [0.25, 0.3) is 10.9 Å². The summed E-state index contributed by atoms with van der Waals surface area (Å²) in [7, 11) is 1.71. The number of allylic oxidation sites excluding steroid dienone is 1. The van der Waals surface area contributed by atoms with Gasteiger partial charge in [-0.2, -0.15) is 5.10 Å². The lowest BCUT2D eigenvalue weighted by molar-refractivity contribution is 0.413. The average molecular weight is 430 g/mol. The Morgan fingerprint density at radius 1 is 1.19 bits per heavy atom. The van der Waals surface area contributed by atoms with Gasteiger partial charge in [0.15, 0.2) is 5.84 Å². The highest BCUT2D eigenvalue weighted by Crippen LogP contribution is 2.28. The van der Waals surface area contributed by atoms with Gasteiger partial charge >= 0.3 is 0 Å². The molecule has 32 heavy (non-hydrogen) atoms. The van der Waals surface area contributed by atoms with E-state index in [2.05, 4.69) is 47.2 Å². The molecule has 1 aliphatic rings. The molecule has 166 valence electrons. The third-order valence-electron chi connectivity index (χ3n) is 5.93. The highest BCUT2D eigenvalue weighted by Gasteiger charge is 2.23. The third-order valence-corrected chi connectivity index (χ3v) is 5.93. The van der Waals surface area contributed by atoms with Gasteiger partial charge in [0, 0.05) is 24.9 Å². The van der Waals surface area contributed by atoms with Crippen LogP contribution in [0.2, 0.25) is 0 Å². The number of hydrogen-bond donors (Lipinski definition) is 1. The van der Waals surface area contributed by atoms with E-state index in [0.29, 0.717) is 0 Å². The van der Waals surface area contributed by atoms with E-state index in [9.17, 15) is 0 Å². The van der Waals surface area contributed by atoms with E-state index in [4.69, 9.17) is 14.7 Å². The molecule has 6 heteroatoms. The number of methoxy groups -OCH3 is 1. The molecule has 0 aliphatic carbocycles. The Labute approximate surface area is 189 Å². The number of H-pyrrole nitrogens is 1. The SMILES string of the molecule is C/C=C(/C)C(=Nc1ccc2[nH]ncc2c1)N=C(CCCC)N1Cc2ccc(OC)cc2C1. The topological polar surface area (TPSA) is 65.9 Å². The number of amidine groups is 2. The molecule has 0 saturated heterocycles. The monoisotopic (exact) mass is 429 g/mol. The predicted octanol–water partition coefficient (Wildman–Crippen LogP) is 6.17. The summed E-state index contributed by atoms with van der Waals surface area (Å²) in [6, 6.07) is 12.4. The van der Waals surface area contributed by atoms with Gasteiger partial charge in [-0.25, -0.2) is 9.98 Å². The Balaban J connectivity index is 1.69. The molecule has 0 fully saturated rings. The van der Waals surface area contributed by atoms with E-state index in [1.54, 1.807) is 7.11 Å². The van der Waals surface area contributed by atoms with Crippen molar-refractivity contribution in [2.75, 3.05) is 7.11 Å². The molecule has 4 rings (SSSR count). The van der Waals surface area contributed by atoms with Crippen molar-refractivity contribution in [3.05, 3.63) is 65.4 Å². The summed E-state index contributed by atoms with van der Waals surface area (Å²) >= 11 is 0. The van der Waals surface area contributed by atoms with E-state index in [0.717, 1.165) is 71.9 Å². The molecule has 1 N–H and O–H groups in total. The van der Waals surface area contributed by atoms with E-state index in [1.165, 1.54) is 11.1 Å². The van der Waals surface area contributed by atoms with Crippen LogP contribution < -0.4 is 4.74 Å². The van der Waals surface area contributed by atoms with Gasteiger partial charge in [-0.15, -0.1) is 0 Å². The van der Waals surface area contributed by atoms with Gasteiger partial charge < -0.3 is 9.64 Å². The minimum absolute atomic E-state index is 0.759. The zero-order valence-corrected chi connectivity index (χ0v) is 19.4. The standard InChI is InChI=1S/C26H31N5O/c1-5-7-8-25(31-16-19-9-11-23(32-4)14-21(19)17-31)29-26(18(3)6-2)28-22-10-12-24-20(13-22)15-27-30-24/h6,9-15H,5,7-8,16-17H2,1-4H3,(H,27,30)/b18-6-,28-26?,29-25?. The van der Waals surface area contributed by atoms with Crippen LogP contribution in [-0.2, 0) is 13.1 Å². The fraction of sp³-hybridized carbons (Fsp3) is 0.346. The van der Waals surface area contributed by atoms with Crippen LogP contribution in [0.3, 0.4) is 0 Å². The maximum atomic E-state index is 5.42. The second-order valence-electron chi connectivity index (χ2n) is 8.17. The van der Waals surface area contributed by atoms with Crippen molar-refractivity contribution in [3.63, 3.8) is 0 Å². The summed E-state index contributed by atoms with van der Waals surface area (Å²) in [4.78, 5) is 12.4. The Kier molecular flexibility index (Phi) is 6.69. The smallest absolute Gasteiger partial charge is 0.157 e. The molecule has 2 aromatic carbocycles. The lowest BCUT2D eigenvalue weighted by Crippen LogP contribution is -2.26. The molecule has 0 bridgehead atoms. The van der Waals surface area contributed by atoms with Crippen LogP contribution in [-0.4, -0.2) is 33.9 Å². The highest BCUT2D eigenvalue weighted by molar-refractivity contribution is 6.07. The van der Waals surface area contributed by atoms with E-state index < -0.39 is 0 Å². The summed E-state index contributed by atoms with van der Waals surface area (Å²) in [6.07, 6.45) is 7.04. The number of fused-ring (bicyclic) bond motifs is 2. The molecule has 0 unspecified atom stereocenters. The zero-order valence-electron chi connectivity index (χ0n) is 19.4. The first-order chi connectivity index (χ1) is 15.6. The second-order valence-corrected chi connectivity index (χ2v) is 8.17. The largest absolute Gasteiger partial charge is 0.497 e. The Morgan fingerprint density at radius 2 is 2.03 bits per heavy atom. The molecule has 1 aliphatic heterocycles. The summed E-state index contributed by atoms with van der Waals surface area (Å²) in [5.74, 6) is 2.75. The summed E-state index contributed by atoms with van der Waals surface area (Å²) in [5, 5.41) is 8.15. The molecule has 3 aromatic rings. The summed E-state index contributed by atoms with van der Waals surface area (Å²) in [5.41, 5.74) is 5.58. The number of unbranched alkanes of at least 4 members (excludes halogenated alkanes) is 1. The zero-order chi connectivity index (χ0) is 22.5. The normalized spacial score (nSPS) is 14.9. The highest BCUT2D eigenvalue weighted by atomic mass is 16.5. The van der Waals surface area contributed by atoms with Crippen molar-refractivity contribution in [3.8, 4) is 5.75 Å². The van der Waals surface area contributed by atoms with Crippen molar-refractivity contribution in [1.29, 1.82) is 0 Å². The van der Waals surface area contributed by atoms with Crippen LogP contribution >= 0.6 is 0 Å². The van der Waals surface area contributed by atoms with Crippen molar-refractivity contribution in [1.82, 2.24) is 15.1 Å². The molecule has 0 atom stereocenters. The maximum absolute atomic E-state index is 5.42. The van der Waals surface area contributed by atoms with E-state index in [-0.39, 0.29) is 0 Å². The molecule has 6 nitrogen and oxygen atoms in total. The average Bonchev–Trinajstić information content (AvgIpc) is 3.46. The van der Waals surface area contributed by atoms with Crippen LogP contribution in [0.5, 0.6) is 5.75 Å². The first kappa shape index (κ1) is 21.8. The molecule has 2 heterocycles. The molecule has 1 aromatic heterocycles. The van der Waals surface area contributed by atoms with Gasteiger partial charge in [0.25, 0.3) is 0 Å². The minimum atomic E-state index is 0.759. The molecule has 0 amide bonds. The second kappa shape index (κ2) is 9.81. The Morgan fingerprint density at radius 3 is 2.81 bits per heavy atom. The van der Waals surface area contributed by atoms with Gasteiger partial charge in [-0.3, -0.25) is 5.10 Å². The molecule has 0 radical (unpaired) electrons. The summed E-state index contributed by atoms with van der Waals surface area (Å²) in [6.45, 7) is 8.03. The number of nitrogens with zero attached hydrogens (tertiary/aromatic N) is 4. The van der Waals surface area contributed by atoms with Crippen LogP contribution in [0.15, 0.2) is 64.2 Å². The lowest BCUT2D eigenvalue weighted by atomic mass is 10.1.